The minimum absolute atomic E-state index is 0.157. The van der Waals surface area contributed by atoms with Gasteiger partial charge in [-0.05, 0) is 12.1 Å². The van der Waals surface area contributed by atoms with E-state index >= 15 is 0 Å². The van der Waals surface area contributed by atoms with Crippen molar-refractivity contribution in [1.82, 2.24) is 14.3 Å². The van der Waals surface area contributed by atoms with Crippen molar-refractivity contribution >= 4 is 21.4 Å². The van der Waals surface area contributed by atoms with Gasteiger partial charge in [0.1, 0.15) is 15.2 Å². The monoisotopic (exact) mass is 282 g/mol. The van der Waals surface area contributed by atoms with Crippen molar-refractivity contribution < 1.29 is 8.42 Å². The molecule has 2 aromatic heterocycles. The Kier molecular flexibility index (Phi) is 3.76. The average Bonchev–Trinajstić information content (AvgIpc) is 2.99. The Morgan fingerprint density at radius 3 is 2.94 bits per heavy atom. The van der Waals surface area contributed by atoms with Crippen LogP contribution >= 0.6 is 11.3 Å². The fraction of sp³-hybridized carbons (Fsp3) is 0.200. The highest BCUT2D eigenvalue weighted by Crippen LogP contribution is 2.20. The van der Waals surface area contributed by atoms with Crippen molar-refractivity contribution in [2.45, 2.75) is 10.8 Å². The minimum atomic E-state index is -3.52. The highest BCUT2D eigenvalue weighted by atomic mass is 32.2. The van der Waals surface area contributed by atoms with E-state index in [0.717, 1.165) is 11.3 Å². The number of sulfonamides is 1. The van der Waals surface area contributed by atoms with E-state index in [1.54, 1.807) is 23.3 Å². The SMILES string of the molecule is N#Cc1ccc(S(=O)(=O)NCCn2ccnc2)s1. The lowest BCUT2D eigenvalue weighted by Crippen LogP contribution is -2.26. The summed E-state index contributed by atoms with van der Waals surface area (Å²) in [6, 6.07) is 4.84. The molecule has 0 aliphatic heterocycles. The zero-order chi connectivity index (χ0) is 13.0. The largest absolute Gasteiger partial charge is 0.336 e. The molecule has 0 atom stereocenters. The number of imidazole rings is 1. The number of nitriles is 1. The van der Waals surface area contributed by atoms with E-state index in [2.05, 4.69) is 9.71 Å². The number of hydrogen-bond acceptors (Lipinski definition) is 5. The summed E-state index contributed by atoms with van der Waals surface area (Å²) in [7, 11) is -3.52. The van der Waals surface area contributed by atoms with Crippen molar-refractivity contribution in [1.29, 1.82) is 5.26 Å². The van der Waals surface area contributed by atoms with E-state index in [0.29, 0.717) is 11.4 Å². The maximum absolute atomic E-state index is 11.9. The van der Waals surface area contributed by atoms with Gasteiger partial charge >= 0.3 is 0 Å². The van der Waals surface area contributed by atoms with E-state index in [9.17, 15) is 8.42 Å². The van der Waals surface area contributed by atoms with Crippen LogP contribution in [0.5, 0.6) is 0 Å². The van der Waals surface area contributed by atoms with Crippen LogP contribution in [0.15, 0.2) is 35.1 Å². The first-order valence-electron chi connectivity index (χ1n) is 5.07. The number of hydrogen-bond donors (Lipinski definition) is 1. The number of nitrogens with zero attached hydrogens (tertiary/aromatic N) is 3. The maximum atomic E-state index is 11.9. The van der Waals surface area contributed by atoms with E-state index in [4.69, 9.17) is 5.26 Å². The van der Waals surface area contributed by atoms with Crippen LogP contribution in [-0.2, 0) is 16.6 Å². The second-order valence-electron chi connectivity index (χ2n) is 3.43. The standard InChI is InChI=1S/C10H10N4O2S2/c11-7-9-1-2-10(17-9)18(15,16)13-4-6-14-5-3-12-8-14/h1-3,5,8,13H,4,6H2. The first-order chi connectivity index (χ1) is 8.62. The fourth-order valence-electron chi connectivity index (χ4n) is 1.32. The molecule has 0 radical (unpaired) electrons. The summed E-state index contributed by atoms with van der Waals surface area (Å²) in [5.41, 5.74) is 0. The number of rotatable bonds is 5. The molecule has 0 fully saturated rings. The smallest absolute Gasteiger partial charge is 0.250 e. The van der Waals surface area contributed by atoms with Crippen molar-refractivity contribution in [3.05, 3.63) is 35.7 Å². The molecular formula is C10H10N4O2S2. The minimum Gasteiger partial charge on any atom is -0.336 e. The van der Waals surface area contributed by atoms with Gasteiger partial charge in [-0.15, -0.1) is 11.3 Å². The molecule has 8 heteroatoms. The molecule has 0 aliphatic rings. The van der Waals surface area contributed by atoms with Crippen LogP contribution in [0.25, 0.3) is 0 Å². The second kappa shape index (κ2) is 5.30. The summed E-state index contributed by atoms with van der Waals surface area (Å²) in [6.07, 6.45) is 5.01. The Hall–Kier alpha value is -1.69. The van der Waals surface area contributed by atoms with Gasteiger partial charge in [-0.3, -0.25) is 0 Å². The van der Waals surface area contributed by atoms with Gasteiger partial charge in [0.15, 0.2) is 0 Å². The maximum Gasteiger partial charge on any atom is 0.250 e. The molecule has 0 aliphatic carbocycles. The molecular weight excluding hydrogens is 272 g/mol. The highest BCUT2D eigenvalue weighted by Gasteiger charge is 2.15. The predicted molar refractivity (Wildman–Crippen MR) is 66.4 cm³/mol. The summed E-state index contributed by atoms with van der Waals surface area (Å²) < 4.78 is 28.1. The van der Waals surface area contributed by atoms with Crippen LogP contribution in [0.4, 0.5) is 0 Å². The van der Waals surface area contributed by atoms with E-state index < -0.39 is 10.0 Å². The van der Waals surface area contributed by atoms with Crippen LogP contribution < -0.4 is 4.72 Å². The Morgan fingerprint density at radius 2 is 2.33 bits per heavy atom. The molecule has 0 bridgehead atoms. The Labute approximate surface area is 109 Å². The van der Waals surface area contributed by atoms with Gasteiger partial charge in [0.25, 0.3) is 0 Å². The Balaban J connectivity index is 1.97. The average molecular weight is 282 g/mol. The highest BCUT2D eigenvalue weighted by molar-refractivity contribution is 7.91. The molecule has 0 unspecified atom stereocenters. The van der Waals surface area contributed by atoms with Crippen LogP contribution in [0, 0.1) is 11.3 Å². The number of nitrogens with one attached hydrogen (secondary N) is 1. The van der Waals surface area contributed by atoms with E-state index in [1.807, 2.05) is 6.07 Å². The topological polar surface area (TPSA) is 87.8 Å². The molecule has 1 N–H and O–H groups in total. The van der Waals surface area contributed by atoms with Crippen molar-refractivity contribution in [2.24, 2.45) is 0 Å². The van der Waals surface area contributed by atoms with E-state index in [-0.39, 0.29) is 10.8 Å². The predicted octanol–water partition coefficient (Wildman–Crippen LogP) is 0.795. The summed E-state index contributed by atoms with van der Waals surface area (Å²) in [4.78, 5) is 4.24. The van der Waals surface area contributed by atoms with Gasteiger partial charge < -0.3 is 4.57 Å². The van der Waals surface area contributed by atoms with Crippen LogP contribution in [0.3, 0.4) is 0 Å². The number of aromatic nitrogens is 2. The molecule has 18 heavy (non-hydrogen) atoms. The van der Waals surface area contributed by atoms with Gasteiger partial charge in [-0.25, -0.2) is 18.1 Å². The molecule has 6 nitrogen and oxygen atoms in total. The zero-order valence-corrected chi connectivity index (χ0v) is 10.9. The lowest BCUT2D eigenvalue weighted by Gasteiger charge is -2.04. The fourth-order valence-corrected chi connectivity index (χ4v) is 3.49. The van der Waals surface area contributed by atoms with Gasteiger partial charge in [-0.2, -0.15) is 5.26 Å². The summed E-state index contributed by atoms with van der Waals surface area (Å²) >= 11 is 0.957. The van der Waals surface area contributed by atoms with Crippen LogP contribution in [0.2, 0.25) is 0 Å². The van der Waals surface area contributed by atoms with Gasteiger partial charge in [0.05, 0.1) is 6.33 Å². The summed E-state index contributed by atoms with van der Waals surface area (Å²) in [5.74, 6) is 0. The van der Waals surface area contributed by atoms with Gasteiger partial charge in [0, 0.05) is 25.5 Å². The molecule has 0 amide bonds. The lowest BCUT2D eigenvalue weighted by atomic mass is 10.5. The molecule has 0 aromatic carbocycles. The van der Waals surface area contributed by atoms with Gasteiger partial charge in [-0.1, -0.05) is 0 Å². The molecule has 2 rings (SSSR count). The van der Waals surface area contributed by atoms with Crippen LogP contribution in [-0.4, -0.2) is 24.5 Å². The molecule has 0 saturated heterocycles. The first-order valence-corrected chi connectivity index (χ1v) is 7.37. The normalized spacial score (nSPS) is 11.3. The zero-order valence-electron chi connectivity index (χ0n) is 9.28. The lowest BCUT2D eigenvalue weighted by molar-refractivity contribution is 0.575. The molecule has 94 valence electrons. The van der Waals surface area contributed by atoms with Crippen molar-refractivity contribution in [3.8, 4) is 6.07 Å². The summed E-state index contributed by atoms with van der Waals surface area (Å²) in [6.45, 7) is 0.786. The molecule has 2 aromatic rings. The van der Waals surface area contributed by atoms with Crippen molar-refractivity contribution in [3.63, 3.8) is 0 Å². The third-order valence-corrected chi connectivity index (χ3v) is 5.12. The van der Waals surface area contributed by atoms with Gasteiger partial charge in [0.2, 0.25) is 10.0 Å². The molecule has 0 saturated carbocycles. The first kappa shape index (κ1) is 12.8. The Bertz CT molecular complexity index is 652. The molecule has 0 spiro atoms. The second-order valence-corrected chi connectivity index (χ2v) is 6.51. The van der Waals surface area contributed by atoms with Crippen molar-refractivity contribution in [2.75, 3.05) is 6.54 Å². The van der Waals surface area contributed by atoms with E-state index in [1.165, 1.54) is 12.1 Å². The van der Waals surface area contributed by atoms with Crippen LogP contribution in [0.1, 0.15) is 4.88 Å². The quantitative estimate of drug-likeness (QED) is 0.878. The third-order valence-electron chi connectivity index (χ3n) is 2.18. The molecule has 2 heterocycles. The Morgan fingerprint density at radius 1 is 1.50 bits per heavy atom. The summed E-state index contributed by atoms with van der Waals surface area (Å²) in [5, 5.41) is 8.65. The number of thiophene rings is 1. The third kappa shape index (κ3) is 2.95.